The summed E-state index contributed by atoms with van der Waals surface area (Å²) in [6.45, 7) is -0.256. The highest BCUT2D eigenvalue weighted by atomic mass is 16.5. The van der Waals surface area contributed by atoms with Crippen molar-refractivity contribution >= 4 is 18.0 Å². The molecule has 3 aliphatic rings. The van der Waals surface area contributed by atoms with Crippen molar-refractivity contribution in [2.45, 2.75) is 49.7 Å². The lowest BCUT2D eigenvalue weighted by atomic mass is 9.88. The van der Waals surface area contributed by atoms with Gasteiger partial charge in [-0.3, -0.25) is 4.79 Å². The summed E-state index contributed by atoms with van der Waals surface area (Å²) in [6, 6.07) is 15.9. The number of nitrogens with zero attached hydrogens (tertiary/aromatic N) is 1. The summed E-state index contributed by atoms with van der Waals surface area (Å²) in [7, 11) is 0. The largest absolute Gasteiger partial charge is 0.479 e. The molecule has 0 spiro atoms. The van der Waals surface area contributed by atoms with Crippen molar-refractivity contribution in [2.24, 2.45) is 5.92 Å². The van der Waals surface area contributed by atoms with Gasteiger partial charge in [-0.05, 0) is 35.1 Å². The molecule has 3 N–H and O–H groups in total. The molecule has 2 amide bonds. The van der Waals surface area contributed by atoms with E-state index in [1.54, 1.807) is 0 Å². The summed E-state index contributed by atoms with van der Waals surface area (Å²) in [4.78, 5) is 38.5. The lowest BCUT2D eigenvalue weighted by molar-refractivity contribution is -0.183. The molecule has 2 aromatic carbocycles. The zero-order valence-corrected chi connectivity index (χ0v) is 19.5. The Labute approximate surface area is 203 Å². The fraction of sp³-hybridized carbons (Fsp3) is 0.444. The SMILES string of the molecule is O=C(NC1CCCCCC1C(=O)N1CC(O)(C(=O)O)C1)OCC1c2ccccc2-c2ccccc21. The molecule has 1 saturated carbocycles. The minimum absolute atomic E-state index is 0.0468. The average molecular weight is 479 g/mol. The highest BCUT2D eigenvalue weighted by molar-refractivity contribution is 5.87. The molecular weight excluding hydrogens is 448 g/mol. The first-order chi connectivity index (χ1) is 16.9. The summed E-state index contributed by atoms with van der Waals surface area (Å²) in [5.74, 6) is -2.05. The number of nitrogens with one attached hydrogen (secondary N) is 1. The number of benzene rings is 2. The van der Waals surface area contributed by atoms with E-state index in [2.05, 4.69) is 29.6 Å². The molecule has 2 aliphatic carbocycles. The first-order valence-corrected chi connectivity index (χ1v) is 12.2. The van der Waals surface area contributed by atoms with Gasteiger partial charge in [0, 0.05) is 12.0 Å². The second-order valence-corrected chi connectivity index (χ2v) is 9.85. The monoisotopic (exact) mass is 478 g/mol. The van der Waals surface area contributed by atoms with Crippen molar-refractivity contribution in [3.8, 4) is 11.1 Å². The molecule has 1 saturated heterocycles. The summed E-state index contributed by atoms with van der Waals surface area (Å²) >= 11 is 0. The van der Waals surface area contributed by atoms with Gasteiger partial charge < -0.3 is 25.2 Å². The molecule has 2 aromatic rings. The molecule has 1 heterocycles. The highest BCUT2D eigenvalue weighted by Gasteiger charge is 2.51. The Bertz CT molecular complexity index is 1100. The van der Waals surface area contributed by atoms with Gasteiger partial charge in [-0.1, -0.05) is 67.8 Å². The molecule has 2 unspecified atom stereocenters. The number of carbonyl (C=O) groups excluding carboxylic acids is 2. The molecule has 1 aliphatic heterocycles. The second-order valence-electron chi connectivity index (χ2n) is 9.85. The number of ether oxygens (including phenoxy) is 1. The predicted molar refractivity (Wildman–Crippen MR) is 128 cm³/mol. The number of β-amino-alcohol motifs (C(OH)–C–C–N with tert-alkyl or cyclic N) is 1. The number of carbonyl (C=O) groups is 3. The third-order valence-corrected chi connectivity index (χ3v) is 7.59. The number of hydrogen-bond donors (Lipinski definition) is 3. The van der Waals surface area contributed by atoms with Gasteiger partial charge in [-0.25, -0.2) is 9.59 Å². The fourth-order valence-electron chi connectivity index (χ4n) is 5.68. The van der Waals surface area contributed by atoms with Crippen LogP contribution in [0.5, 0.6) is 0 Å². The lowest BCUT2D eigenvalue weighted by Gasteiger charge is -2.45. The number of aliphatic carboxylic acids is 1. The van der Waals surface area contributed by atoms with Crippen molar-refractivity contribution < 1.29 is 29.3 Å². The Morgan fingerprint density at radius 2 is 1.54 bits per heavy atom. The molecule has 2 fully saturated rings. The van der Waals surface area contributed by atoms with E-state index in [1.165, 1.54) is 4.90 Å². The van der Waals surface area contributed by atoms with Crippen molar-refractivity contribution in [1.82, 2.24) is 10.2 Å². The zero-order chi connectivity index (χ0) is 24.6. The van der Waals surface area contributed by atoms with E-state index in [0.29, 0.717) is 12.8 Å². The van der Waals surface area contributed by atoms with Gasteiger partial charge in [-0.15, -0.1) is 0 Å². The Hall–Kier alpha value is -3.39. The fourth-order valence-corrected chi connectivity index (χ4v) is 5.68. The van der Waals surface area contributed by atoms with Crippen LogP contribution in [0.4, 0.5) is 4.79 Å². The van der Waals surface area contributed by atoms with Gasteiger partial charge in [-0.2, -0.15) is 0 Å². The second kappa shape index (κ2) is 9.34. The van der Waals surface area contributed by atoms with Crippen LogP contribution >= 0.6 is 0 Å². The summed E-state index contributed by atoms with van der Waals surface area (Å²) in [5, 5.41) is 22.1. The lowest BCUT2D eigenvalue weighted by Crippen LogP contribution is -2.69. The average Bonchev–Trinajstić information content (AvgIpc) is 2.96. The maximum Gasteiger partial charge on any atom is 0.407 e. The minimum atomic E-state index is -1.88. The van der Waals surface area contributed by atoms with Crippen molar-refractivity contribution in [1.29, 1.82) is 0 Å². The number of likely N-dealkylation sites (tertiary alicyclic amines) is 1. The highest BCUT2D eigenvalue weighted by Crippen LogP contribution is 2.44. The van der Waals surface area contributed by atoms with Crippen LogP contribution in [0.3, 0.4) is 0 Å². The van der Waals surface area contributed by atoms with Crippen LogP contribution in [0.2, 0.25) is 0 Å². The predicted octanol–water partition coefficient (Wildman–Crippen LogP) is 3.13. The molecular formula is C27H30N2O6. The Kier molecular flexibility index (Phi) is 6.23. The van der Waals surface area contributed by atoms with E-state index in [9.17, 15) is 19.5 Å². The number of alkyl carbamates (subject to hydrolysis) is 1. The maximum atomic E-state index is 13.1. The minimum Gasteiger partial charge on any atom is -0.479 e. The number of amides is 2. The van der Waals surface area contributed by atoms with Crippen LogP contribution in [0.25, 0.3) is 11.1 Å². The number of carboxylic acid groups (broad SMARTS) is 1. The zero-order valence-electron chi connectivity index (χ0n) is 19.5. The summed E-state index contributed by atoms with van der Waals surface area (Å²) in [6.07, 6.45) is 3.41. The van der Waals surface area contributed by atoms with E-state index in [-0.39, 0.29) is 37.6 Å². The quantitative estimate of drug-likeness (QED) is 0.569. The molecule has 8 heteroatoms. The van der Waals surface area contributed by atoms with Crippen LogP contribution < -0.4 is 5.32 Å². The van der Waals surface area contributed by atoms with E-state index in [1.807, 2.05) is 24.3 Å². The van der Waals surface area contributed by atoms with E-state index >= 15 is 0 Å². The standard InChI is InChI=1S/C27H30N2O6/c30-24(29-15-27(34,16-29)25(31)32)21-12-2-1-3-13-23(21)28-26(33)35-14-22-19-10-6-4-8-17(19)18-9-5-7-11-20(18)22/h4-11,21-23,34H,1-3,12-16H2,(H,28,33)(H,31,32). The van der Waals surface area contributed by atoms with Gasteiger partial charge in [0.15, 0.2) is 5.60 Å². The van der Waals surface area contributed by atoms with Crippen molar-refractivity contribution in [3.63, 3.8) is 0 Å². The number of rotatable bonds is 5. The maximum absolute atomic E-state index is 13.1. The summed E-state index contributed by atoms with van der Waals surface area (Å²) < 4.78 is 5.68. The molecule has 184 valence electrons. The van der Waals surface area contributed by atoms with Crippen LogP contribution in [0.15, 0.2) is 48.5 Å². The Morgan fingerprint density at radius 1 is 0.943 bits per heavy atom. The van der Waals surface area contributed by atoms with E-state index in [4.69, 9.17) is 9.84 Å². The number of carboxylic acids is 1. The topological polar surface area (TPSA) is 116 Å². The number of aliphatic hydroxyl groups is 1. The molecule has 5 rings (SSSR count). The van der Waals surface area contributed by atoms with Crippen LogP contribution in [0, 0.1) is 5.92 Å². The molecule has 0 radical (unpaired) electrons. The Balaban J connectivity index is 1.23. The Morgan fingerprint density at radius 3 is 2.17 bits per heavy atom. The number of fused-ring (bicyclic) bond motifs is 3. The van der Waals surface area contributed by atoms with Gasteiger partial charge in [0.05, 0.1) is 19.0 Å². The van der Waals surface area contributed by atoms with Gasteiger partial charge >= 0.3 is 12.1 Å². The van der Waals surface area contributed by atoms with Crippen LogP contribution in [-0.4, -0.2) is 64.4 Å². The van der Waals surface area contributed by atoms with Gasteiger partial charge in [0.1, 0.15) is 6.61 Å². The molecule has 0 bridgehead atoms. The molecule has 8 nitrogen and oxygen atoms in total. The van der Waals surface area contributed by atoms with Gasteiger partial charge in [0.2, 0.25) is 5.91 Å². The third kappa shape index (κ3) is 4.38. The molecule has 2 atom stereocenters. The normalized spacial score (nSPS) is 22.8. The third-order valence-electron chi connectivity index (χ3n) is 7.59. The molecule has 0 aromatic heterocycles. The summed E-state index contributed by atoms with van der Waals surface area (Å²) in [5.41, 5.74) is 2.70. The van der Waals surface area contributed by atoms with E-state index in [0.717, 1.165) is 41.5 Å². The number of hydrogen-bond acceptors (Lipinski definition) is 5. The first-order valence-electron chi connectivity index (χ1n) is 12.2. The van der Waals surface area contributed by atoms with Crippen LogP contribution in [-0.2, 0) is 14.3 Å². The van der Waals surface area contributed by atoms with Crippen molar-refractivity contribution in [3.05, 3.63) is 59.7 Å². The van der Waals surface area contributed by atoms with E-state index < -0.39 is 23.6 Å². The van der Waals surface area contributed by atoms with Crippen molar-refractivity contribution in [2.75, 3.05) is 19.7 Å². The van der Waals surface area contributed by atoms with Gasteiger partial charge in [0.25, 0.3) is 0 Å². The molecule has 35 heavy (non-hydrogen) atoms. The first kappa shape index (κ1) is 23.4. The van der Waals surface area contributed by atoms with Crippen LogP contribution in [0.1, 0.15) is 49.1 Å². The smallest absolute Gasteiger partial charge is 0.407 e.